The molecule has 0 unspecified atom stereocenters. The molecule has 0 bridgehead atoms. The standard InChI is InChI=1S/C20H22ClN3OS/c1-2-26-23-7-5-14(6-8-23)15-10-18(12-22-11-15)24-13-16-9-17(21)3-4-19(16)20(24)25/h3-4,9-12,14H,2,5-8,13H2,1H3. The Morgan fingerprint density at radius 1 is 1.23 bits per heavy atom. The van der Waals surface area contributed by atoms with E-state index >= 15 is 0 Å². The van der Waals surface area contributed by atoms with Crippen LogP contribution in [0.1, 0.15) is 47.2 Å². The van der Waals surface area contributed by atoms with Gasteiger partial charge in [-0.15, -0.1) is 0 Å². The minimum absolute atomic E-state index is 0.0322. The van der Waals surface area contributed by atoms with Crippen molar-refractivity contribution in [2.45, 2.75) is 32.2 Å². The molecule has 2 aliphatic heterocycles. The molecular weight excluding hydrogens is 366 g/mol. The van der Waals surface area contributed by atoms with Crippen LogP contribution in [0.5, 0.6) is 0 Å². The van der Waals surface area contributed by atoms with Crippen LogP contribution in [0.4, 0.5) is 5.69 Å². The molecule has 1 fully saturated rings. The maximum Gasteiger partial charge on any atom is 0.258 e. The average Bonchev–Trinajstić information content (AvgIpc) is 2.98. The maximum atomic E-state index is 12.8. The predicted molar refractivity (Wildman–Crippen MR) is 108 cm³/mol. The van der Waals surface area contributed by atoms with Crippen molar-refractivity contribution in [1.29, 1.82) is 0 Å². The number of halogens is 1. The Bertz CT molecular complexity index is 820. The van der Waals surface area contributed by atoms with Crippen LogP contribution in [-0.2, 0) is 6.54 Å². The smallest absolute Gasteiger partial charge is 0.258 e. The molecule has 136 valence electrons. The van der Waals surface area contributed by atoms with Gasteiger partial charge in [-0.25, -0.2) is 0 Å². The van der Waals surface area contributed by atoms with Crippen molar-refractivity contribution in [2.24, 2.45) is 0 Å². The van der Waals surface area contributed by atoms with Gasteiger partial charge in [0.25, 0.3) is 5.91 Å². The van der Waals surface area contributed by atoms with Crippen molar-refractivity contribution < 1.29 is 4.79 Å². The molecule has 1 aromatic carbocycles. The van der Waals surface area contributed by atoms with E-state index in [-0.39, 0.29) is 5.91 Å². The van der Waals surface area contributed by atoms with Gasteiger partial charge in [-0.2, -0.15) is 0 Å². The number of amides is 1. The van der Waals surface area contributed by atoms with Gasteiger partial charge < -0.3 is 4.90 Å². The highest BCUT2D eigenvalue weighted by Crippen LogP contribution is 2.34. The quantitative estimate of drug-likeness (QED) is 0.710. The van der Waals surface area contributed by atoms with Crippen molar-refractivity contribution in [3.8, 4) is 0 Å². The van der Waals surface area contributed by atoms with Gasteiger partial charge in [0.05, 0.1) is 18.4 Å². The zero-order chi connectivity index (χ0) is 18.1. The summed E-state index contributed by atoms with van der Waals surface area (Å²) in [6.07, 6.45) is 6.03. The van der Waals surface area contributed by atoms with Gasteiger partial charge >= 0.3 is 0 Å². The van der Waals surface area contributed by atoms with Gasteiger partial charge in [0, 0.05) is 35.6 Å². The Hall–Kier alpha value is -1.56. The fourth-order valence-electron chi connectivity index (χ4n) is 3.81. The number of hydrogen-bond acceptors (Lipinski definition) is 4. The summed E-state index contributed by atoms with van der Waals surface area (Å²) in [6, 6.07) is 7.62. The van der Waals surface area contributed by atoms with E-state index in [1.165, 1.54) is 5.56 Å². The minimum atomic E-state index is 0.0322. The number of rotatable bonds is 4. The molecule has 2 aromatic rings. The van der Waals surface area contributed by atoms with Crippen molar-refractivity contribution in [2.75, 3.05) is 23.7 Å². The first-order valence-corrected chi connectivity index (χ1v) is 10.4. The van der Waals surface area contributed by atoms with Gasteiger partial charge in [-0.05, 0) is 54.2 Å². The first kappa shape index (κ1) is 17.8. The monoisotopic (exact) mass is 387 g/mol. The van der Waals surface area contributed by atoms with Crippen LogP contribution in [0.15, 0.2) is 36.7 Å². The molecule has 6 heteroatoms. The Balaban J connectivity index is 1.51. The van der Waals surface area contributed by atoms with Crippen molar-refractivity contribution in [3.63, 3.8) is 0 Å². The number of anilines is 1. The largest absolute Gasteiger partial charge is 0.302 e. The number of fused-ring (bicyclic) bond motifs is 1. The number of carbonyl (C=O) groups is 1. The van der Waals surface area contributed by atoms with E-state index in [0.29, 0.717) is 17.5 Å². The van der Waals surface area contributed by atoms with Gasteiger partial charge in [-0.3, -0.25) is 14.1 Å². The Labute approximate surface area is 163 Å². The van der Waals surface area contributed by atoms with Crippen LogP contribution in [-0.4, -0.2) is 34.0 Å². The topological polar surface area (TPSA) is 36.4 Å². The number of nitrogens with zero attached hydrogens (tertiary/aromatic N) is 3. The molecule has 3 heterocycles. The lowest BCUT2D eigenvalue weighted by molar-refractivity contribution is 0.0996. The predicted octanol–water partition coefficient (Wildman–Crippen LogP) is 4.74. The number of carbonyl (C=O) groups excluding carboxylic acids is 1. The molecule has 1 aromatic heterocycles. The number of pyridine rings is 1. The molecular formula is C20H22ClN3OS. The van der Waals surface area contributed by atoms with Crippen LogP contribution >= 0.6 is 23.5 Å². The van der Waals surface area contributed by atoms with Crippen LogP contribution < -0.4 is 4.90 Å². The van der Waals surface area contributed by atoms with Gasteiger partial charge in [0.2, 0.25) is 0 Å². The lowest BCUT2D eigenvalue weighted by atomic mass is 9.91. The molecule has 1 amide bonds. The molecule has 4 rings (SSSR count). The van der Waals surface area contributed by atoms with Crippen molar-refractivity contribution in [3.05, 3.63) is 58.4 Å². The molecule has 26 heavy (non-hydrogen) atoms. The Kier molecular flexibility index (Phi) is 5.20. The van der Waals surface area contributed by atoms with E-state index in [0.717, 1.165) is 48.5 Å². The molecule has 0 aliphatic carbocycles. The fraction of sp³-hybridized carbons (Fsp3) is 0.400. The van der Waals surface area contributed by atoms with Crippen LogP contribution in [0, 0.1) is 0 Å². The van der Waals surface area contributed by atoms with E-state index in [1.807, 2.05) is 30.3 Å². The third-order valence-corrected chi connectivity index (χ3v) is 6.39. The van der Waals surface area contributed by atoms with Crippen LogP contribution in [0.2, 0.25) is 5.02 Å². The van der Waals surface area contributed by atoms with Gasteiger partial charge in [-0.1, -0.05) is 30.5 Å². The second kappa shape index (κ2) is 7.59. The fourth-order valence-corrected chi connectivity index (χ4v) is 4.84. The van der Waals surface area contributed by atoms with E-state index in [4.69, 9.17) is 11.6 Å². The number of hydrogen-bond donors (Lipinski definition) is 0. The summed E-state index contributed by atoms with van der Waals surface area (Å²) in [4.78, 5) is 19.0. The summed E-state index contributed by atoms with van der Waals surface area (Å²) in [6.45, 7) is 4.98. The zero-order valence-corrected chi connectivity index (χ0v) is 16.4. The zero-order valence-electron chi connectivity index (χ0n) is 14.8. The minimum Gasteiger partial charge on any atom is -0.302 e. The van der Waals surface area contributed by atoms with Gasteiger partial charge in [0.15, 0.2) is 0 Å². The summed E-state index contributed by atoms with van der Waals surface area (Å²) in [7, 11) is 0. The van der Waals surface area contributed by atoms with Crippen LogP contribution in [0.25, 0.3) is 0 Å². The Morgan fingerprint density at radius 2 is 2.04 bits per heavy atom. The molecule has 0 spiro atoms. The SMILES string of the molecule is CCSN1CCC(c2cncc(N3Cc4cc(Cl)ccc4C3=O)c2)CC1. The molecule has 0 N–H and O–H groups in total. The molecule has 1 saturated heterocycles. The second-order valence-corrected chi connectivity index (χ2v) is 8.58. The number of benzene rings is 1. The summed E-state index contributed by atoms with van der Waals surface area (Å²) >= 11 is 8.00. The highest BCUT2D eigenvalue weighted by atomic mass is 35.5. The van der Waals surface area contributed by atoms with E-state index in [1.54, 1.807) is 17.2 Å². The van der Waals surface area contributed by atoms with Crippen LogP contribution in [0.3, 0.4) is 0 Å². The number of aromatic nitrogens is 1. The first-order chi connectivity index (χ1) is 12.7. The molecule has 0 radical (unpaired) electrons. The summed E-state index contributed by atoms with van der Waals surface area (Å²) < 4.78 is 2.46. The summed E-state index contributed by atoms with van der Waals surface area (Å²) in [5.74, 6) is 1.68. The van der Waals surface area contributed by atoms with Crippen molar-refractivity contribution >= 4 is 35.1 Å². The van der Waals surface area contributed by atoms with E-state index in [2.05, 4.69) is 22.3 Å². The average molecular weight is 388 g/mol. The first-order valence-electron chi connectivity index (χ1n) is 9.09. The third-order valence-electron chi connectivity index (χ3n) is 5.16. The molecule has 0 atom stereocenters. The highest BCUT2D eigenvalue weighted by Gasteiger charge is 2.29. The Morgan fingerprint density at radius 3 is 2.81 bits per heavy atom. The van der Waals surface area contributed by atoms with E-state index in [9.17, 15) is 4.79 Å². The maximum absolute atomic E-state index is 12.8. The molecule has 2 aliphatic rings. The molecule has 0 saturated carbocycles. The summed E-state index contributed by atoms with van der Waals surface area (Å²) in [5, 5.41) is 0.669. The molecule has 4 nitrogen and oxygen atoms in total. The third kappa shape index (κ3) is 3.48. The van der Waals surface area contributed by atoms with Crippen molar-refractivity contribution in [1.82, 2.24) is 9.29 Å². The lowest BCUT2D eigenvalue weighted by Gasteiger charge is -2.31. The van der Waals surface area contributed by atoms with Gasteiger partial charge in [0.1, 0.15) is 0 Å². The normalized spacial score (nSPS) is 18.4. The second-order valence-electron chi connectivity index (χ2n) is 6.79. The lowest BCUT2D eigenvalue weighted by Crippen LogP contribution is -2.28. The highest BCUT2D eigenvalue weighted by molar-refractivity contribution is 7.96. The summed E-state index contributed by atoms with van der Waals surface area (Å²) in [5.41, 5.74) is 3.85. The number of piperidine rings is 1. The van der Waals surface area contributed by atoms with E-state index < -0.39 is 0 Å².